The number of hydrogen-bond donors (Lipinski definition) is 2. The highest BCUT2D eigenvalue weighted by molar-refractivity contribution is 14.0. The van der Waals surface area contributed by atoms with Crippen molar-refractivity contribution >= 4 is 47.2 Å². The van der Waals surface area contributed by atoms with E-state index in [2.05, 4.69) is 40.0 Å². The molecule has 2 unspecified atom stereocenters. The minimum atomic E-state index is 0. The van der Waals surface area contributed by atoms with Crippen molar-refractivity contribution in [2.45, 2.75) is 39.3 Å². The average molecular weight is 550 g/mol. The Bertz CT molecular complexity index is 664. The summed E-state index contributed by atoms with van der Waals surface area (Å²) in [6.07, 6.45) is 0.959. The first-order valence-corrected chi connectivity index (χ1v) is 11.6. The largest absolute Gasteiger partial charge is 0.379 e. The number of morpholine rings is 1. The zero-order valence-electron chi connectivity index (χ0n) is 18.3. The summed E-state index contributed by atoms with van der Waals surface area (Å²) in [4.78, 5) is 23.0. The number of rotatable bonds is 7. The molecule has 0 spiro atoms. The number of hydrogen-bond acceptors (Lipinski definition) is 5. The van der Waals surface area contributed by atoms with Gasteiger partial charge >= 0.3 is 0 Å². The fourth-order valence-corrected chi connectivity index (χ4v) is 4.74. The number of nitrogens with one attached hydrogen (secondary N) is 2. The number of thiophene rings is 1. The highest BCUT2D eigenvalue weighted by Crippen LogP contribution is 2.26. The fraction of sp³-hybridized carbons (Fsp3) is 0.714. The Kier molecular flexibility index (Phi) is 10.8. The second kappa shape index (κ2) is 12.8. The minimum Gasteiger partial charge on any atom is -0.379 e. The SMILES string of the molecule is CCNC(=NCC(c1cccs1)N1CCOCC1)NC1CCN(C(=O)C(C)C)C1.I. The van der Waals surface area contributed by atoms with E-state index < -0.39 is 0 Å². The number of halogens is 1. The van der Waals surface area contributed by atoms with Gasteiger partial charge in [0, 0.05) is 49.6 Å². The van der Waals surface area contributed by atoms with Gasteiger partial charge in [-0.2, -0.15) is 0 Å². The van der Waals surface area contributed by atoms with Crippen LogP contribution in [-0.2, 0) is 9.53 Å². The van der Waals surface area contributed by atoms with E-state index >= 15 is 0 Å². The summed E-state index contributed by atoms with van der Waals surface area (Å²) in [5, 5.41) is 9.06. The van der Waals surface area contributed by atoms with Gasteiger partial charge in [0.15, 0.2) is 5.96 Å². The predicted molar refractivity (Wildman–Crippen MR) is 134 cm³/mol. The molecule has 170 valence electrons. The van der Waals surface area contributed by atoms with E-state index in [-0.39, 0.29) is 47.9 Å². The van der Waals surface area contributed by atoms with Crippen LogP contribution in [-0.4, -0.2) is 80.2 Å². The lowest BCUT2D eigenvalue weighted by Crippen LogP contribution is -2.46. The molecule has 2 N–H and O–H groups in total. The Balaban J connectivity index is 0.00000320. The molecular weight excluding hydrogens is 513 g/mol. The molecule has 2 fully saturated rings. The lowest BCUT2D eigenvalue weighted by molar-refractivity contribution is -0.133. The van der Waals surface area contributed by atoms with Crippen molar-refractivity contribution in [3.8, 4) is 0 Å². The molecule has 3 heterocycles. The maximum absolute atomic E-state index is 12.3. The molecule has 2 atom stereocenters. The molecule has 0 aliphatic carbocycles. The number of carbonyl (C=O) groups is 1. The molecule has 0 aromatic carbocycles. The van der Waals surface area contributed by atoms with Gasteiger partial charge in [0.2, 0.25) is 5.91 Å². The van der Waals surface area contributed by atoms with Crippen LogP contribution in [0.2, 0.25) is 0 Å². The van der Waals surface area contributed by atoms with Crippen LogP contribution in [0.1, 0.15) is 38.1 Å². The molecular formula is C21H36IN5O2S. The monoisotopic (exact) mass is 549 g/mol. The van der Waals surface area contributed by atoms with Crippen LogP contribution >= 0.6 is 35.3 Å². The molecule has 2 saturated heterocycles. The number of carbonyl (C=O) groups excluding carboxylic acids is 1. The molecule has 9 heteroatoms. The van der Waals surface area contributed by atoms with Gasteiger partial charge in [0.05, 0.1) is 25.8 Å². The smallest absolute Gasteiger partial charge is 0.225 e. The molecule has 2 aliphatic rings. The number of amides is 1. The summed E-state index contributed by atoms with van der Waals surface area (Å²) in [5.41, 5.74) is 0. The third kappa shape index (κ3) is 7.06. The lowest BCUT2D eigenvalue weighted by atomic mass is 10.2. The van der Waals surface area contributed by atoms with Crippen molar-refractivity contribution in [3.05, 3.63) is 22.4 Å². The van der Waals surface area contributed by atoms with Gasteiger partial charge in [-0.05, 0) is 24.8 Å². The summed E-state index contributed by atoms with van der Waals surface area (Å²) in [5.74, 6) is 1.13. The van der Waals surface area contributed by atoms with Crippen LogP contribution in [0.3, 0.4) is 0 Å². The van der Waals surface area contributed by atoms with Crippen molar-refractivity contribution in [2.24, 2.45) is 10.9 Å². The Hall–Kier alpha value is -0.910. The Morgan fingerprint density at radius 3 is 2.73 bits per heavy atom. The predicted octanol–water partition coefficient (Wildman–Crippen LogP) is 2.55. The van der Waals surface area contributed by atoms with Gasteiger partial charge in [-0.15, -0.1) is 35.3 Å². The van der Waals surface area contributed by atoms with Crippen LogP contribution in [0.4, 0.5) is 0 Å². The summed E-state index contributed by atoms with van der Waals surface area (Å²) in [7, 11) is 0. The van der Waals surface area contributed by atoms with Crippen molar-refractivity contribution in [3.63, 3.8) is 0 Å². The summed E-state index contributed by atoms with van der Waals surface area (Å²) in [6, 6.07) is 4.84. The molecule has 0 saturated carbocycles. The van der Waals surface area contributed by atoms with E-state index in [4.69, 9.17) is 9.73 Å². The van der Waals surface area contributed by atoms with Gasteiger partial charge in [-0.3, -0.25) is 14.7 Å². The van der Waals surface area contributed by atoms with Crippen LogP contribution in [0.25, 0.3) is 0 Å². The van der Waals surface area contributed by atoms with E-state index in [1.165, 1.54) is 4.88 Å². The molecule has 1 aromatic heterocycles. The summed E-state index contributed by atoms with van der Waals surface area (Å²) in [6.45, 7) is 12.5. The average Bonchev–Trinajstić information content (AvgIpc) is 3.41. The number of ether oxygens (including phenoxy) is 1. The van der Waals surface area contributed by atoms with E-state index in [1.807, 2.05) is 18.7 Å². The maximum Gasteiger partial charge on any atom is 0.225 e. The van der Waals surface area contributed by atoms with Gasteiger partial charge in [-0.1, -0.05) is 19.9 Å². The van der Waals surface area contributed by atoms with Crippen LogP contribution < -0.4 is 10.6 Å². The summed E-state index contributed by atoms with van der Waals surface area (Å²) < 4.78 is 5.54. The maximum atomic E-state index is 12.3. The number of likely N-dealkylation sites (tertiary alicyclic amines) is 1. The molecule has 1 aromatic rings. The Morgan fingerprint density at radius 1 is 1.33 bits per heavy atom. The first kappa shape index (κ1) is 25.4. The van der Waals surface area contributed by atoms with Gasteiger partial charge in [0.1, 0.15) is 0 Å². The minimum absolute atomic E-state index is 0. The topological polar surface area (TPSA) is 69.2 Å². The Morgan fingerprint density at radius 2 is 2.10 bits per heavy atom. The highest BCUT2D eigenvalue weighted by Gasteiger charge is 2.28. The van der Waals surface area contributed by atoms with Crippen molar-refractivity contribution < 1.29 is 9.53 Å². The first-order chi connectivity index (χ1) is 14.1. The molecule has 30 heavy (non-hydrogen) atoms. The zero-order chi connectivity index (χ0) is 20.6. The van der Waals surface area contributed by atoms with Crippen molar-refractivity contribution in [1.29, 1.82) is 0 Å². The molecule has 7 nitrogen and oxygen atoms in total. The lowest BCUT2D eigenvalue weighted by Gasteiger charge is -2.33. The van der Waals surface area contributed by atoms with Crippen molar-refractivity contribution in [1.82, 2.24) is 20.4 Å². The normalized spacial score (nSPS) is 21.4. The number of nitrogens with zero attached hydrogens (tertiary/aromatic N) is 3. The quantitative estimate of drug-likeness (QED) is 0.311. The first-order valence-electron chi connectivity index (χ1n) is 10.8. The third-order valence-electron chi connectivity index (χ3n) is 5.46. The second-order valence-corrected chi connectivity index (χ2v) is 8.95. The van der Waals surface area contributed by atoms with Gasteiger partial charge < -0.3 is 20.3 Å². The standard InChI is InChI=1S/C21H35N5O2S.HI/c1-4-22-21(24-17-7-8-26(15-17)20(27)16(2)3)23-14-18(19-6-5-13-29-19)25-9-11-28-12-10-25;/h5-6,13,16-18H,4,7-12,14-15H2,1-3H3,(H2,22,23,24);1H. The molecule has 1 amide bonds. The van der Waals surface area contributed by atoms with E-state index in [0.29, 0.717) is 6.54 Å². The van der Waals surface area contributed by atoms with E-state index in [9.17, 15) is 4.79 Å². The Labute approximate surface area is 201 Å². The van der Waals surface area contributed by atoms with Crippen LogP contribution in [0, 0.1) is 5.92 Å². The fourth-order valence-electron chi connectivity index (χ4n) is 3.89. The number of aliphatic imine (C=N–C) groups is 1. The summed E-state index contributed by atoms with van der Waals surface area (Å²) >= 11 is 1.79. The van der Waals surface area contributed by atoms with Crippen LogP contribution in [0.15, 0.2) is 22.5 Å². The second-order valence-electron chi connectivity index (χ2n) is 7.97. The number of guanidine groups is 1. The van der Waals surface area contributed by atoms with E-state index in [1.54, 1.807) is 11.3 Å². The third-order valence-corrected chi connectivity index (χ3v) is 6.43. The molecule has 2 aliphatic heterocycles. The molecule has 0 bridgehead atoms. The highest BCUT2D eigenvalue weighted by atomic mass is 127. The van der Waals surface area contributed by atoms with E-state index in [0.717, 1.165) is 58.3 Å². The molecule has 0 radical (unpaired) electrons. The molecule has 3 rings (SSSR count). The van der Waals surface area contributed by atoms with Gasteiger partial charge in [0.25, 0.3) is 0 Å². The zero-order valence-corrected chi connectivity index (χ0v) is 21.4. The van der Waals surface area contributed by atoms with Crippen LogP contribution in [0.5, 0.6) is 0 Å². The van der Waals surface area contributed by atoms with Gasteiger partial charge in [-0.25, -0.2) is 0 Å². The van der Waals surface area contributed by atoms with Crippen molar-refractivity contribution in [2.75, 3.05) is 52.5 Å².